The minimum Gasteiger partial charge on any atom is -0.394 e. The third kappa shape index (κ3) is 3.91. The van der Waals surface area contributed by atoms with Gasteiger partial charge in [-0.2, -0.15) is 4.98 Å². The van der Waals surface area contributed by atoms with Crippen molar-refractivity contribution in [2.24, 2.45) is 0 Å². The van der Waals surface area contributed by atoms with Crippen LogP contribution in [0.3, 0.4) is 0 Å². The standard InChI is InChI=1S/C24H29ClN6O2S/c25-16-12-26-21(27-13-16)15-10-17-5-6-18(11-15)31(17)23-28-19-4-1-2-9-34(33)20(19)22(29-23)30-24(14-32)7-3-8-24/h10,12-13,17-18,32H,1-9,11,14H2,(H,28,29,30)/t17?,18?,34-/m0/s1. The van der Waals surface area contributed by atoms with Crippen LogP contribution in [0.25, 0.3) is 5.57 Å². The van der Waals surface area contributed by atoms with E-state index in [0.717, 1.165) is 79.8 Å². The molecule has 1 saturated carbocycles. The quantitative estimate of drug-likeness (QED) is 0.642. The summed E-state index contributed by atoms with van der Waals surface area (Å²) >= 11 is 5.98. The zero-order valence-electron chi connectivity index (χ0n) is 19.0. The van der Waals surface area contributed by atoms with Gasteiger partial charge in [-0.1, -0.05) is 17.7 Å². The number of aromatic nitrogens is 4. The second kappa shape index (κ2) is 8.84. The first-order valence-corrected chi connectivity index (χ1v) is 13.9. The van der Waals surface area contributed by atoms with Gasteiger partial charge in [0.2, 0.25) is 5.95 Å². The van der Waals surface area contributed by atoms with E-state index in [1.165, 1.54) is 0 Å². The Kier molecular flexibility index (Phi) is 5.82. The molecule has 3 atom stereocenters. The number of hydrogen-bond donors (Lipinski definition) is 2. The summed E-state index contributed by atoms with van der Waals surface area (Å²) in [6, 6.07) is 0.438. The Morgan fingerprint density at radius 2 is 2.00 bits per heavy atom. The molecular weight excluding hydrogens is 472 g/mol. The number of aliphatic hydroxyl groups is 1. The molecular formula is C24H29ClN6O2S. The number of fused-ring (bicyclic) bond motifs is 3. The summed E-state index contributed by atoms with van der Waals surface area (Å²) < 4.78 is 13.1. The Morgan fingerprint density at radius 3 is 2.71 bits per heavy atom. The Labute approximate surface area is 206 Å². The molecule has 3 aliphatic heterocycles. The number of nitrogens with zero attached hydrogens (tertiary/aromatic N) is 5. The smallest absolute Gasteiger partial charge is 0.228 e. The summed E-state index contributed by atoms with van der Waals surface area (Å²) in [4.78, 5) is 21.9. The van der Waals surface area contributed by atoms with Crippen molar-refractivity contribution in [2.45, 2.75) is 80.3 Å². The number of halogens is 1. The zero-order chi connectivity index (χ0) is 23.3. The molecule has 4 aliphatic rings. The fourth-order valence-electron chi connectivity index (χ4n) is 5.68. The number of hydrogen-bond acceptors (Lipinski definition) is 8. The maximum Gasteiger partial charge on any atom is 0.228 e. The van der Waals surface area contributed by atoms with Crippen molar-refractivity contribution in [2.75, 3.05) is 22.6 Å². The lowest BCUT2D eigenvalue weighted by molar-refractivity contribution is 0.143. The minimum absolute atomic E-state index is 0.0515. The molecule has 5 heterocycles. The highest BCUT2D eigenvalue weighted by molar-refractivity contribution is 7.85. The van der Waals surface area contributed by atoms with E-state index < -0.39 is 10.8 Å². The third-order valence-electron chi connectivity index (χ3n) is 7.68. The number of aryl methyl sites for hydroxylation is 1. The average Bonchev–Trinajstić information content (AvgIpc) is 2.96. The van der Waals surface area contributed by atoms with Crippen molar-refractivity contribution in [3.8, 4) is 0 Å². The third-order valence-corrected chi connectivity index (χ3v) is 9.41. The van der Waals surface area contributed by atoms with Crippen molar-refractivity contribution in [3.63, 3.8) is 0 Å². The largest absolute Gasteiger partial charge is 0.394 e. The zero-order valence-corrected chi connectivity index (χ0v) is 20.6. The lowest BCUT2D eigenvalue weighted by atomic mass is 9.77. The van der Waals surface area contributed by atoms with Gasteiger partial charge in [-0.05, 0) is 63.4 Å². The van der Waals surface area contributed by atoms with Crippen LogP contribution in [0, 0.1) is 0 Å². The summed E-state index contributed by atoms with van der Waals surface area (Å²) in [6.45, 7) is 0.0515. The predicted molar refractivity (Wildman–Crippen MR) is 132 cm³/mol. The summed E-state index contributed by atoms with van der Waals surface area (Å²) in [7, 11) is -1.13. The molecule has 8 nitrogen and oxygen atoms in total. The van der Waals surface area contributed by atoms with E-state index in [1.807, 2.05) is 0 Å². The molecule has 2 aromatic heterocycles. The number of aliphatic hydroxyl groups excluding tert-OH is 1. The van der Waals surface area contributed by atoms with E-state index in [4.69, 9.17) is 21.6 Å². The van der Waals surface area contributed by atoms with Crippen molar-refractivity contribution < 1.29 is 9.32 Å². The van der Waals surface area contributed by atoms with Crippen LogP contribution in [0.15, 0.2) is 23.4 Å². The molecule has 2 bridgehead atoms. The Hall–Kier alpha value is -2.10. The van der Waals surface area contributed by atoms with Gasteiger partial charge >= 0.3 is 0 Å². The number of nitrogens with one attached hydrogen (secondary N) is 1. The van der Waals surface area contributed by atoms with E-state index >= 15 is 0 Å². The molecule has 1 aliphatic carbocycles. The number of rotatable bonds is 5. The van der Waals surface area contributed by atoms with Gasteiger partial charge in [0.1, 0.15) is 10.7 Å². The molecule has 2 N–H and O–H groups in total. The molecule has 1 saturated heterocycles. The van der Waals surface area contributed by atoms with E-state index in [0.29, 0.717) is 22.5 Å². The van der Waals surface area contributed by atoms with Gasteiger partial charge in [0.25, 0.3) is 0 Å². The normalized spacial score (nSPS) is 27.4. The van der Waals surface area contributed by atoms with Crippen LogP contribution in [0.1, 0.15) is 62.9 Å². The molecule has 6 rings (SSSR count). The van der Waals surface area contributed by atoms with Crippen LogP contribution in [0.5, 0.6) is 0 Å². The highest BCUT2D eigenvalue weighted by Gasteiger charge is 2.41. The fraction of sp³-hybridized carbons (Fsp3) is 0.583. The Bertz CT molecular complexity index is 1150. The first-order valence-electron chi connectivity index (χ1n) is 12.2. The Morgan fingerprint density at radius 1 is 1.18 bits per heavy atom. The van der Waals surface area contributed by atoms with Crippen LogP contribution < -0.4 is 10.2 Å². The van der Waals surface area contributed by atoms with Crippen LogP contribution in [0.2, 0.25) is 5.02 Å². The molecule has 34 heavy (non-hydrogen) atoms. The second-order valence-corrected chi connectivity index (χ2v) is 11.8. The lowest BCUT2D eigenvalue weighted by Gasteiger charge is -2.42. The van der Waals surface area contributed by atoms with Gasteiger partial charge in [-0.3, -0.25) is 4.21 Å². The first kappa shape index (κ1) is 22.4. The van der Waals surface area contributed by atoms with Crippen molar-refractivity contribution in [1.29, 1.82) is 0 Å². The van der Waals surface area contributed by atoms with E-state index in [2.05, 4.69) is 26.3 Å². The fourth-order valence-corrected chi connectivity index (χ4v) is 7.17. The van der Waals surface area contributed by atoms with Crippen molar-refractivity contribution in [3.05, 3.63) is 35.0 Å². The maximum atomic E-state index is 13.1. The summed E-state index contributed by atoms with van der Waals surface area (Å²) in [6.07, 6.45) is 14.0. The minimum atomic E-state index is -1.13. The predicted octanol–water partition coefficient (Wildman–Crippen LogP) is 3.52. The topological polar surface area (TPSA) is 104 Å². The monoisotopic (exact) mass is 500 g/mol. The average molecular weight is 501 g/mol. The van der Waals surface area contributed by atoms with E-state index in [9.17, 15) is 9.32 Å². The van der Waals surface area contributed by atoms with Crippen LogP contribution in [0.4, 0.5) is 11.8 Å². The van der Waals surface area contributed by atoms with Crippen molar-refractivity contribution in [1.82, 2.24) is 19.9 Å². The van der Waals surface area contributed by atoms with Gasteiger partial charge < -0.3 is 15.3 Å². The van der Waals surface area contributed by atoms with Gasteiger partial charge in [-0.15, -0.1) is 0 Å². The molecule has 0 amide bonds. The van der Waals surface area contributed by atoms with Crippen LogP contribution in [-0.4, -0.2) is 59.2 Å². The van der Waals surface area contributed by atoms with Gasteiger partial charge in [0.05, 0.1) is 39.7 Å². The van der Waals surface area contributed by atoms with Gasteiger partial charge in [0, 0.05) is 24.2 Å². The molecule has 10 heteroatoms. The summed E-state index contributed by atoms with van der Waals surface area (Å²) in [5.74, 6) is 2.73. The lowest BCUT2D eigenvalue weighted by Crippen LogP contribution is -2.49. The highest BCUT2D eigenvalue weighted by Crippen LogP contribution is 2.42. The molecule has 2 fully saturated rings. The molecule has 2 unspecified atom stereocenters. The summed E-state index contributed by atoms with van der Waals surface area (Å²) in [5, 5.41) is 14.1. The van der Waals surface area contributed by atoms with E-state index in [1.54, 1.807) is 12.4 Å². The van der Waals surface area contributed by atoms with Gasteiger partial charge in [-0.25, -0.2) is 15.0 Å². The Balaban J connectivity index is 1.38. The van der Waals surface area contributed by atoms with Crippen LogP contribution >= 0.6 is 11.6 Å². The molecule has 0 spiro atoms. The molecule has 0 radical (unpaired) electrons. The van der Waals surface area contributed by atoms with Crippen LogP contribution in [-0.2, 0) is 17.2 Å². The van der Waals surface area contributed by atoms with E-state index in [-0.39, 0.29) is 24.2 Å². The SMILES string of the molecule is O=[S@]1CCCCc2nc(N3C4C=C(c5ncc(Cl)cn5)CC3CC4)nc(NC3(CO)CCC3)c21. The second-order valence-electron chi connectivity index (χ2n) is 9.90. The number of anilines is 2. The summed E-state index contributed by atoms with van der Waals surface area (Å²) in [5.41, 5.74) is 1.67. The van der Waals surface area contributed by atoms with Gasteiger partial charge in [0.15, 0.2) is 5.82 Å². The molecule has 0 aromatic carbocycles. The first-order chi connectivity index (χ1) is 16.5. The highest BCUT2D eigenvalue weighted by atomic mass is 35.5. The maximum absolute atomic E-state index is 13.1. The molecule has 180 valence electrons. The molecule has 2 aromatic rings. The van der Waals surface area contributed by atoms with Crippen molar-refractivity contribution >= 4 is 39.7 Å².